The van der Waals surface area contributed by atoms with Gasteiger partial charge in [-0.15, -0.1) is 0 Å². The molecule has 1 aliphatic rings. The van der Waals surface area contributed by atoms with Crippen molar-refractivity contribution in [1.82, 2.24) is 5.32 Å². The number of nitrogens with one attached hydrogen (secondary N) is 1. The quantitative estimate of drug-likeness (QED) is 0.820. The van der Waals surface area contributed by atoms with Crippen LogP contribution >= 0.6 is 0 Å². The molecule has 0 saturated carbocycles. The Hall–Kier alpha value is -1.26. The predicted molar refractivity (Wildman–Crippen MR) is 65.4 cm³/mol. The number of fused-ring (bicyclic) bond motifs is 1. The van der Waals surface area contributed by atoms with Crippen molar-refractivity contribution in [3.63, 3.8) is 0 Å². The van der Waals surface area contributed by atoms with Crippen LogP contribution in [0.2, 0.25) is 0 Å². The molecule has 94 valence electrons. The topological polar surface area (TPSA) is 39.7 Å². The molecule has 0 aromatic heterocycles. The zero-order valence-corrected chi connectivity index (χ0v) is 10.4. The SMILES string of the molecule is CCC(CNC)OCc1ccc2c(c1)OCO2. The summed E-state index contributed by atoms with van der Waals surface area (Å²) < 4.78 is 16.4. The molecule has 0 fully saturated rings. The summed E-state index contributed by atoms with van der Waals surface area (Å²) in [6.07, 6.45) is 1.26. The highest BCUT2D eigenvalue weighted by Gasteiger charge is 2.13. The van der Waals surface area contributed by atoms with Crippen LogP contribution in [0.25, 0.3) is 0 Å². The van der Waals surface area contributed by atoms with Crippen LogP contribution < -0.4 is 14.8 Å². The van der Waals surface area contributed by atoms with Crippen LogP contribution in [0.1, 0.15) is 18.9 Å². The molecule has 1 aromatic carbocycles. The van der Waals surface area contributed by atoms with Crippen molar-refractivity contribution in [2.75, 3.05) is 20.4 Å². The fourth-order valence-corrected chi connectivity index (χ4v) is 1.79. The van der Waals surface area contributed by atoms with Gasteiger partial charge in [-0.3, -0.25) is 0 Å². The van der Waals surface area contributed by atoms with Gasteiger partial charge in [-0.25, -0.2) is 0 Å². The maximum Gasteiger partial charge on any atom is 0.231 e. The molecule has 1 heterocycles. The molecule has 0 saturated heterocycles. The Bertz CT molecular complexity index is 368. The Morgan fingerprint density at radius 2 is 2.18 bits per heavy atom. The van der Waals surface area contributed by atoms with E-state index in [2.05, 4.69) is 12.2 Å². The van der Waals surface area contributed by atoms with Crippen LogP contribution in [-0.2, 0) is 11.3 Å². The maximum atomic E-state index is 5.82. The summed E-state index contributed by atoms with van der Waals surface area (Å²) in [5.41, 5.74) is 1.11. The number of hydrogen-bond acceptors (Lipinski definition) is 4. The van der Waals surface area contributed by atoms with E-state index in [9.17, 15) is 0 Å². The lowest BCUT2D eigenvalue weighted by atomic mass is 10.2. The molecular weight excluding hydrogens is 218 g/mol. The van der Waals surface area contributed by atoms with Gasteiger partial charge in [-0.1, -0.05) is 13.0 Å². The second kappa shape index (κ2) is 5.89. The average Bonchev–Trinajstić information content (AvgIpc) is 2.81. The van der Waals surface area contributed by atoms with Crippen LogP contribution in [0.15, 0.2) is 18.2 Å². The van der Waals surface area contributed by atoms with Gasteiger partial charge in [0.25, 0.3) is 0 Å². The molecule has 1 unspecified atom stereocenters. The highest BCUT2D eigenvalue weighted by Crippen LogP contribution is 2.32. The summed E-state index contributed by atoms with van der Waals surface area (Å²) in [6.45, 7) is 3.93. The minimum Gasteiger partial charge on any atom is -0.454 e. The van der Waals surface area contributed by atoms with Gasteiger partial charge in [-0.2, -0.15) is 0 Å². The molecule has 1 aliphatic heterocycles. The van der Waals surface area contributed by atoms with Crippen LogP contribution in [0.3, 0.4) is 0 Å². The number of benzene rings is 1. The zero-order valence-electron chi connectivity index (χ0n) is 10.4. The Morgan fingerprint density at radius 3 is 2.94 bits per heavy atom. The Kier molecular flexibility index (Phi) is 4.23. The molecular formula is C13H19NO3. The lowest BCUT2D eigenvalue weighted by molar-refractivity contribution is 0.0396. The summed E-state index contributed by atoms with van der Waals surface area (Å²) in [6, 6.07) is 5.92. The van der Waals surface area contributed by atoms with E-state index in [1.165, 1.54) is 0 Å². The average molecular weight is 237 g/mol. The van der Waals surface area contributed by atoms with Crippen molar-refractivity contribution in [3.05, 3.63) is 23.8 Å². The summed E-state index contributed by atoms with van der Waals surface area (Å²) in [5, 5.41) is 3.13. The third-order valence-electron chi connectivity index (χ3n) is 2.81. The molecule has 1 N–H and O–H groups in total. The molecule has 0 amide bonds. The maximum absolute atomic E-state index is 5.82. The Labute approximate surface area is 102 Å². The summed E-state index contributed by atoms with van der Waals surface area (Å²) in [7, 11) is 1.94. The van der Waals surface area contributed by atoms with Gasteiger partial charge in [0, 0.05) is 6.54 Å². The van der Waals surface area contributed by atoms with Crippen LogP contribution in [0.5, 0.6) is 11.5 Å². The minimum absolute atomic E-state index is 0.255. The van der Waals surface area contributed by atoms with Gasteiger partial charge in [0.2, 0.25) is 6.79 Å². The molecule has 1 aromatic rings. The minimum atomic E-state index is 0.255. The van der Waals surface area contributed by atoms with Crippen molar-refractivity contribution in [2.24, 2.45) is 0 Å². The van der Waals surface area contributed by atoms with Gasteiger partial charge < -0.3 is 19.5 Å². The smallest absolute Gasteiger partial charge is 0.231 e. The predicted octanol–water partition coefficient (Wildman–Crippen LogP) is 1.93. The third kappa shape index (κ3) is 3.11. The monoisotopic (exact) mass is 237 g/mol. The number of hydrogen-bond donors (Lipinski definition) is 1. The Balaban J connectivity index is 1.90. The molecule has 2 rings (SSSR count). The summed E-state index contributed by atoms with van der Waals surface area (Å²) in [5.74, 6) is 1.63. The molecule has 0 spiro atoms. The molecule has 0 bridgehead atoms. The zero-order chi connectivity index (χ0) is 12.1. The number of likely N-dealkylation sites (N-methyl/N-ethyl adjacent to an activating group) is 1. The summed E-state index contributed by atoms with van der Waals surface area (Å²) in [4.78, 5) is 0. The first-order chi connectivity index (χ1) is 8.33. The molecule has 0 radical (unpaired) electrons. The Morgan fingerprint density at radius 1 is 1.35 bits per heavy atom. The second-order valence-corrected chi connectivity index (χ2v) is 4.09. The van der Waals surface area contributed by atoms with Crippen LogP contribution in [-0.4, -0.2) is 26.5 Å². The van der Waals surface area contributed by atoms with Crippen LogP contribution in [0.4, 0.5) is 0 Å². The van der Waals surface area contributed by atoms with E-state index in [0.29, 0.717) is 13.4 Å². The lowest BCUT2D eigenvalue weighted by Crippen LogP contribution is -2.25. The lowest BCUT2D eigenvalue weighted by Gasteiger charge is -2.15. The normalized spacial score (nSPS) is 14.9. The summed E-state index contributed by atoms with van der Waals surface area (Å²) >= 11 is 0. The third-order valence-corrected chi connectivity index (χ3v) is 2.81. The van der Waals surface area contributed by atoms with E-state index in [1.807, 2.05) is 25.2 Å². The van der Waals surface area contributed by atoms with E-state index in [0.717, 1.165) is 30.0 Å². The highest BCUT2D eigenvalue weighted by molar-refractivity contribution is 5.44. The molecule has 0 aliphatic carbocycles. The first kappa shape index (κ1) is 12.2. The van der Waals surface area contributed by atoms with Gasteiger partial charge in [0.05, 0.1) is 12.7 Å². The van der Waals surface area contributed by atoms with Crippen molar-refractivity contribution in [1.29, 1.82) is 0 Å². The van der Waals surface area contributed by atoms with Gasteiger partial charge >= 0.3 is 0 Å². The fraction of sp³-hybridized carbons (Fsp3) is 0.538. The van der Waals surface area contributed by atoms with E-state index >= 15 is 0 Å². The number of ether oxygens (including phenoxy) is 3. The second-order valence-electron chi connectivity index (χ2n) is 4.09. The highest BCUT2D eigenvalue weighted by atomic mass is 16.7. The van der Waals surface area contributed by atoms with Crippen molar-refractivity contribution < 1.29 is 14.2 Å². The first-order valence-corrected chi connectivity index (χ1v) is 5.98. The van der Waals surface area contributed by atoms with Gasteiger partial charge in [0.1, 0.15) is 0 Å². The first-order valence-electron chi connectivity index (χ1n) is 5.98. The van der Waals surface area contributed by atoms with E-state index in [1.54, 1.807) is 0 Å². The van der Waals surface area contributed by atoms with Crippen molar-refractivity contribution in [2.45, 2.75) is 26.1 Å². The van der Waals surface area contributed by atoms with Crippen molar-refractivity contribution >= 4 is 0 Å². The fourth-order valence-electron chi connectivity index (χ4n) is 1.79. The van der Waals surface area contributed by atoms with Gasteiger partial charge in [0.15, 0.2) is 11.5 Å². The van der Waals surface area contributed by atoms with E-state index in [-0.39, 0.29) is 6.10 Å². The van der Waals surface area contributed by atoms with E-state index in [4.69, 9.17) is 14.2 Å². The van der Waals surface area contributed by atoms with Crippen LogP contribution in [0, 0.1) is 0 Å². The molecule has 17 heavy (non-hydrogen) atoms. The molecule has 4 nitrogen and oxygen atoms in total. The van der Waals surface area contributed by atoms with E-state index < -0.39 is 0 Å². The largest absolute Gasteiger partial charge is 0.454 e. The van der Waals surface area contributed by atoms with Gasteiger partial charge in [-0.05, 0) is 31.2 Å². The number of rotatable bonds is 6. The standard InChI is InChI=1S/C13H19NO3/c1-3-11(7-14-2)15-8-10-4-5-12-13(6-10)17-9-16-12/h4-6,11,14H,3,7-9H2,1-2H3. The van der Waals surface area contributed by atoms with Crippen molar-refractivity contribution in [3.8, 4) is 11.5 Å². The molecule has 4 heteroatoms. The molecule has 1 atom stereocenters.